The predicted molar refractivity (Wildman–Crippen MR) is 58.3 cm³/mol. The smallest absolute Gasteiger partial charge is 0.410 e. The van der Waals surface area contributed by atoms with Gasteiger partial charge in [-0.25, -0.2) is 4.79 Å². The van der Waals surface area contributed by atoms with Crippen LogP contribution in [0.2, 0.25) is 0 Å². The quantitative estimate of drug-likeness (QED) is 0.654. The summed E-state index contributed by atoms with van der Waals surface area (Å²) in [6, 6.07) is 0. The van der Waals surface area contributed by atoms with E-state index >= 15 is 0 Å². The van der Waals surface area contributed by atoms with E-state index in [2.05, 4.69) is 0 Å². The Bertz CT molecular complexity index is 204. The summed E-state index contributed by atoms with van der Waals surface area (Å²) in [5.41, 5.74) is -0.411. The number of ether oxygens (including phenoxy) is 1. The second kappa shape index (κ2) is 5.68. The average molecular weight is 199 g/mol. The molecule has 0 spiro atoms. The van der Waals surface area contributed by atoms with Crippen LogP contribution in [0.25, 0.3) is 0 Å². The van der Waals surface area contributed by atoms with Crippen molar-refractivity contribution in [3.05, 3.63) is 12.2 Å². The third kappa shape index (κ3) is 6.52. The Labute approximate surface area is 86.7 Å². The molecular formula is C11H21NO2. The van der Waals surface area contributed by atoms with Crippen LogP contribution in [0.1, 0.15) is 34.1 Å². The molecule has 0 unspecified atom stereocenters. The van der Waals surface area contributed by atoms with Gasteiger partial charge in [0, 0.05) is 13.6 Å². The SMILES string of the molecule is CC=CCCN(C)C(=O)OC(C)(C)C. The first-order valence-electron chi connectivity index (χ1n) is 4.92. The second-order valence-corrected chi connectivity index (χ2v) is 4.26. The maximum Gasteiger partial charge on any atom is 0.410 e. The van der Waals surface area contributed by atoms with Gasteiger partial charge < -0.3 is 9.64 Å². The van der Waals surface area contributed by atoms with Gasteiger partial charge in [-0.1, -0.05) is 12.2 Å². The summed E-state index contributed by atoms with van der Waals surface area (Å²) in [4.78, 5) is 13.0. The minimum atomic E-state index is -0.411. The average Bonchev–Trinajstić information content (AvgIpc) is 2.01. The van der Waals surface area contributed by atoms with Gasteiger partial charge in [0.25, 0.3) is 0 Å². The van der Waals surface area contributed by atoms with Crippen molar-refractivity contribution in [1.29, 1.82) is 0 Å². The minimum absolute atomic E-state index is 0.262. The molecule has 0 aromatic rings. The zero-order chi connectivity index (χ0) is 11.2. The van der Waals surface area contributed by atoms with Crippen molar-refractivity contribution >= 4 is 6.09 Å². The fourth-order valence-electron chi connectivity index (χ4n) is 0.866. The van der Waals surface area contributed by atoms with Crippen LogP contribution in [0.15, 0.2) is 12.2 Å². The maximum absolute atomic E-state index is 11.4. The monoisotopic (exact) mass is 199 g/mol. The number of carbonyl (C=O) groups excluding carboxylic acids is 1. The second-order valence-electron chi connectivity index (χ2n) is 4.26. The molecule has 0 saturated heterocycles. The predicted octanol–water partition coefficient (Wildman–Crippen LogP) is 2.82. The normalized spacial score (nSPS) is 11.8. The molecule has 0 radical (unpaired) electrons. The van der Waals surface area contributed by atoms with E-state index in [9.17, 15) is 4.79 Å². The van der Waals surface area contributed by atoms with Crippen LogP contribution >= 0.6 is 0 Å². The summed E-state index contributed by atoms with van der Waals surface area (Å²) in [5, 5.41) is 0. The van der Waals surface area contributed by atoms with Gasteiger partial charge in [0.05, 0.1) is 0 Å². The standard InChI is InChI=1S/C11H21NO2/c1-6-7-8-9-12(5)10(13)14-11(2,3)4/h6-7H,8-9H2,1-5H3. The van der Waals surface area contributed by atoms with Gasteiger partial charge in [-0.2, -0.15) is 0 Å². The molecular weight excluding hydrogens is 178 g/mol. The Hall–Kier alpha value is -0.990. The van der Waals surface area contributed by atoms with Crippen molar-refractivity contribution in [1.82, 2.24) is 4.90 Å². The van der Waals surface area contributed by atoms with E-state index in [1.807, 2.05) is 39.8 Å². The summed E-state index contributed by atoms with van der Waals surface area (Å²) in [7, 11) is 1.75. The third-order valence-electron chi connectivity index (χ3n) is 1.57. The summed E-state index contributed by atoms with van der Waals surface area (Å²) >= 11 is 0. The number of nitrogens with zero attached hydrogens (tertiary/aromatic N) is 1. The summed E-state index contributed by atoms with van der Waals surface area (Å²) in [5.74, 6) is 0. The lowest BCUT2D eigenvalue weighted by atomic mass is 10.2. The Morgan fingerprint density at radius 3 is 2.43 bits per heavy atom. The molecule has 14 heavy (non-hydrogen) atoms. The molecule has 3 heteroatoms. The summed E-state index contributed by atoms with van der Waals surface area (Å²) < 4.78 is 5.19. The fourth-order valence-corrected chi connectivity index (χ4v) is 0.866. The van der Waals surface area contributed by atoms with E-state index in [1.54, 1.807) is 11.9 Å². The molecule has 0 aliphatic carbocycles. The van der Waals surface area contributed by atoms with Crippen LogP contribution in [0.3, 0.4) is 0 Å². The van der Waals surface area contributed by atoms with Crippen LogP contribution in [0, 0.1) is 0 Å². The van der Waals surface area contributed by atoms with Gasteiger partial charge in [-0.05, 0) is 34.1 Å². The molecule has 0 atom stereocenters. The number of hydrogen-bond acceptors (Lipinski definition) is 2. The van der Waals surface area contributed by atoms with Gasteiger partial charge in [-0.3, -0.25) is 0 Å². The first-order chi connectivity index (χ1) is 6.37. The Balaban J connectivity index is 3.88. The number of carbonyl (C=O) groups is 1. The molecule has 0 fully saturated rings. The lowest BCUT2D eigenvalue weighted by Crippen LogP contribution is -2.34. The number of hydrogen-bond donors (Lipinski definition) is 0. The van der Waals surface area contributed by atoms with Gasteiger partial charge in [0.1, 0.15) is 5.60 Å². The largest absolute Gasteiger partial charge is 0.444 e. The van der Waals surface area contributed by atoms with Crippen molar-refractivity contribution in [2.24, 2.45) is 0 Å². The lowest BCUT2D eigenvalue weighted by Gasteiger charge is -2.24. The highest BCUT2D eigenvalue weighted by atomic mass is 16.6. The van der Waals surface area contributed by atoms with Gasteiger partial charge in [0.15, 0.2) is 0 Å². The van der Waals surface area contributed by atoms with E-state index < -0.39 is 5.60 Å². The molecule has 1 amide bonds. The molecule has 0 heterocycles. The van der Waals surface area contributed by atoms with Gasteiger partial charge in [0.2, 0.25) is 0 Å². The highest BCUT2D eigenvalue weighted by molar-refractivity contribution is 5.67. The zero-order valence-electron chi connectivity index (χ0n) is 9.83. The first-order valence-corrected chi connectivity index (χ1v) is 4.92. The van der Waals surface area contributed by atoms with Crippen LogP contribution in [0.5, 0.6) is 0 Å². The molecule has 0 bridgehead atoms. The molecule has 0 aliphatic heterocycles. The van der Waals surface area contributed by atoms with Crippen molar-refractivity contribution in [3.8, 4) is 0 Å². The lowest BCUT2D eigenvalue weighted by molar-refractivity contribution is 0.0301. The van der Waals surface area contributed by atoms with Crippen molar-refractivity contribution in [2.45, 2.75) is 39.7 Å². The molecule has 0 saturated carbocycles. The van der Waals surface area contributed by atoms with E-state index in [4.69, 9.17) is 4.74 Å². The number of allylic oxidation sites excluding steroid dienone is 1. The van der Waals surface area contributed by atoms with Crippen LogP contribution in [-0.2, 0) is 4.74 Å². The molecule has 82 valence electrons. The van der Waals surface area contributed by atoms with E-state index in [0.717, 1.165) is 6.42 Å². The van der Waals surface area contributed by atoms with Crippen molar-refractivity contribution in [2.75, 3.05) is 13.6 Å². The van der Waals surface area contributed by atoms with E-state index in [0.29, 0.717) is 6.54 Å². The molecule has 0 aliphatic rings. The number of rotatable bonds is 3. The topological polar surface area (TPSA) is 29.5 Å². The van der Waals surface area contributed by atoms with Crippen molar-refractivity contribution in [3.63, 3.8) is 0 Å². The third-order valence-corrected chi connectivity index (χ3v) is 1.57. The Morgan fingerprint density at radius 1 is 1.43 bits per heavy atom. The molecule has 3 nitrogen and oxygen atoms in total. The molecule has 0 N–H and O–H groups in total. The maximum atomic E-state index is 11.4. The summed E-state index contributed by atoms with van der Waals surface area (Å²) in [6.45, 7) is 8.26. The van der Waals surface area contributed by atoms with Crippen LogP contribution in [-0.4, -0.2) is 30.2 Å². The van der Waals surface area contributed by atoms with Gasteiger partial charge >= 0.3 is 6.09 Å². The zero-order valence-corrected chi connectivity index (χ0v) is 9.83. The first kappa shape index (κ1) is 13.0. The highest BCUT2D eigenvalue weighted by Gasteiger charge is 2.18. The van der Waals surface area contributed by atoms with Crippen LogP contribution < -0.4 is 0 Å². The van der Waals surface area contributed by atoms with Crippen molar-refractivity contribution < 1.29 is 9.53 Å². The molecule has 0 aromatic heterocycles. The van der Waals surface area contributed by atoms with E-state index in [1.165, 1.54) is 0 Å². The molecule has 0 aromatic carbocycles. The number of amides is 1. The van der Waals surface area contributed by atoms with E-state index in [-0.39, 0.29) is 6.09 Å². The minimum Gasteiger partial charge on any atom is -0.444 e. The van der Waals surface area contributed by atoms with Crippen LogP contribution in [0.4, 0.5) is 4.79 Å². The fraction of sp³-hybridized carbons (Fsp3) is 0.727. The Morgan fingerprint density at radius 2 is 2.00 bits per heavy atom. The Kier molecular flexibility index (Phi) is 5.28. The summed E-state index contributed by atoms with van der Waals surface area (Å²) in [6.07, 6.45) is 4.61. The highest BCUT2D eigenvalue weighted by Crippen LogP contribution is 2.09. The van der Waals surface area contributed by atoms with Gasteiger partial charge in [-0.15, -0.1) is 0 Å². The molecule has 0 rings (SSSR count).